The minimum atomic E-state index is 0.611. The molecule has 0 fully saturated rings. The summed E-state index contributed by atoms with van der Waals surface area (Å²) in [6.45, 7) is 4.93. The molecule has 0 saturated carbocycles. The Labute approximate surface area is 166 Å². The fraction of sp³-hybridized carbons (Fsp3) is 0.273. The Hall–Kier alpha value is -3.28. The highest BCUT2D eigenvalue weighted by atomic mass is 16.5. The first kappa shape index (κ1) is 19.5. The van der Waals surface area contributed by atoms with Crippen molar-refractivity contribution < 1.29 is 4.74 Å². The molecule has 3 aromatic rings. The van der Waals surface area contributed by atoms with Crippen LogP contribution in [-0.4, -0.2) is 29.4 Å². The zero-order chi connectivity index (χ0) is 19.6. The second-order valence-corrected chi connectivity index (χ2v) is 6.42. The Morgan fingerprint density at radius 1 is 1.04 bits per heavy atom. The van der Waals surface area contributed by atoms with Gasteiger partial charge in [0.25, 0.3) is 0 Å². The summed E-state index contributed by atoms with van der Waals surface area (Å²) >= 11 is 0. The zero-order valence-corrected chi connectivity index (χ0v) is 16.4. The SMILES string of the molecule is CCNC(=NCc1cccc(Cn2cccn2)c1)NCc1cccc(OC)c1. The van der Waals surface area contributed by atoms with Crippen molar-refractivity contribution in [2.24, 2.45) is 4.99 Å². The van der Waals surface area contributed by atoms with Gasteiger partial charge in [0.05, 0.1) is 20.2 Å². The number of rotatable bonds is 8. The van der Waals surface area contributed by atoms with Crippen LogP contribution in [0.3, 0.4) is 0 Å². The summed E-state index contributed by atoms with van der Waals surface area (Å²) in [6.07, 6.45) is 3.77. The van der Waals surface area contributed by atoms with E-state index in [0.717, 1.165) is 30.4 Å². The molecule has 0 aliphatic heterocycles. The van der Waals surface area contributed by atoms with Gasteiger partial charge < -0.3 is 15.4 Å². The number of nitrogens with one attached hydrogen (secondary N) is 2. The molecule has 0 saturated heterocycles. The van der Waals surface area contributed by atoms with Crippen LogP contribution in [0.2, 0.25) is 0 Å². The molecule has 6 nitrogen and oxygen atoms in total. The lowest BCUT2D eigenvalue weighted by atomic mass is 10.1. The van der Waals surface area contributed by atoms with Gasteiger partial charge in [-0.1, -0.05) is 36.4 Å². The fourth-order valence-electron chi connectivity index (χ4n) is 2.89. The van der Waals surface area contributed by atoms with Crippen molar-refractivity contribution in [3.63, 3.8) is 0 Å². The van der Waals surface area contributed by atoms with E-state index in [0.29, 0.717) is 13.1 Å². The summed E-state index contributed by atoms with van der Waals surface area (Å²) in [5.41, 5.74) is 3.53. The van der Waals surface area contributed by atoms with Crippen LogP contribution in [-0.2, 0) is 19.6 Å². The number of aromatic nitrogens is 2. The predicted octanol–water partition coefficient (Wildman–Crippen LogP) is 3.20. The molecule has 0 spiro atoms. The van der Waals surface area contributed by atoms with Gasteiger partial charge in [0.1, 0.15) is 5.75 Å². The molecule has 0 aliphatic rings. The van der Waals surface area contributed by atoms with E-state index in [9.17, 15) is 0 Å². The lowest BCUT2D eigenvalue weighted by molar-refractivity contribution is 0.414. The van der Waals surface area contributed by atoms with E-state index in [1.165, 1.54) is 11.1 Å². The molecule has 0 amide bonds. The van der Waals surface area contributed by atoms with E-state index in [-0.39, 0.29) is 0 Å². The minimum absolute atomic E-state index is 0.611. The first-order chi connectivity index (χ1) is 13.8. The molecule has 0 bridgehead atoms. The molecule has 0 radical (unpaired) electrons. The summed E-state index contributed by atoms with van der Waals surface area (Å²) in [6, 6.07) is 18.4. The molecule has 2 N–H and O–H groups in total. The van der Waals surface area contributed by atoms with Crippen LogP contribution in [0.15, 0.2) is 72.0 Å². The maximum Gasteiger partial charge on any atom is 0.191 e. The number of ether oxygens (including phenoxy) is 1. The molecule has 0 aliphatic carbocycles. The van der Waals surface area contributed by atoms with Crippen LogP contribution in [0.5, 0.6) is 5.75 Å². The van der Waals surface area contributed by atoms with Crippen molar-refractivity contribution in [3.05, 3.63) is 83.7 Å². The van der Waals surface area contributed by atoms with Crippen LogP contribution < -0.4 is 15.4 Å². The molecule has 0 atom stereocenters. The third-order valence-electron chi connectivity index (χ3n) is 4.25. The van der Waals surface area contributed by atoms with E-state index in [4.69, 9.17) is 9.73 Å². The molecule has 1 aromatic heterocycles. The average molecular weight is 377 g/mol. The normalized spacial score (nSPS) is 11.3. The third kappa shape index (κ3) is 5.87. The zero-order valence-electron chi connectivity index (χ0n) is 16.4. The van der Waals surface area contributed by atoms with Crippen LogP contribution in [0.1, 0.15) is 23.6 Å². The van der Waals surface area contributed by atoms with E-state index < -0.39 is 0 Å². The highest BCUT2D eigenvalue weighted by molar-refractivity contribution is 5.79. The lowest BCUT2D eigenvalue weighted by Gasteiger charge is -2.12. The fourth-order valence-corrected chi connectivity index (χ4v) is 2.89. The van der Waals surface area contributed by atoms with Crippen LogP contribution in [0, 0.1) is 0 Å². The number of aliphatic imine (C=N–C) groups is 1. The predicted molar refractivity (Wildman–Crippen MR) is 112 cm³/mol. The van der Waals surface area contributed by atoms with Crippen LogP contribution in [0.25, 0.3) is 0 Å². The molecule has 6 heteroatoms. The van der Waals surface area contributed by atoms with E-state index in [1.54, 1.807) is 13.3 Å². The molecule has 146 valence electrons. The maximum atomic E-state index is 5.28. The van der Waals surface area contributed by atoms with Gasteiger partial charge >= 0.3 is 0 Å². The van der Waals surface area contributed by atoms with Gasteiger partial charge in [0.2, 0.25) is 0 Å². The minimum Gasteiger partial charge on any atom is -0.497 e. The number of methoxy groups -OCH3 is 1. The topological polar surface area (TPSA) is 63.5 Å². The average Bonchev–Trinajstić information content (AvgIpc) is 3.23. The second kappa shape index (κ2) is 10.2. The number of hydrogen-bond acceptors (Lipinski definition) is 3. The third-order valence-corrected chi connectivity index (χ3v) is 4.25. The standard InChI is InChI=1S/C22H27N5O/c1-3-23-22(25-16-19-8-5-10-21(14-19)28-2)24-15-18-7-4-9-20(13-18)17-27-12-6-11-26-27/h4-14H,3,15-17H2,1-2H3,(H2,23,24,25). The number of hydrogen-bond donors (Lipinski definition) is 2. The van der Waals surface area contributed by atoms with Crippen molar-refractivity contribution in [2.45, 2.75) is 26.6 Å². The Balaban J connectivity index is 1.62. The molecule has 1 heterocycles. The molecule has 0 unspecified atom stereocenters. The summed E-state index contributed by atoms with van der Waals surface area (Å²) in [7, 11) is 1.68. The molecule has 28 heavy (non-hydrogen) atoms. The van der Waals surface area contributed by atoms with Crippen molar-refractivity contribution in [1.82, 2.24) is 20.4 Å². The van der Waals surface area contributed by atoms with E-state index in [1.807, 2.05) is 35.1 Å². The van der Waals surface area contributed by atoms with E-state index in [2.05, 4.69) is 53.0 Å². The summed E-state index contributed by atoms with van der Waals surface area (Å²) < 4.78 is 7.20. The lowest BCUT2D eigenvalue weighted by Crippen LogP contribution is -2.36. The number of benzene rings is 2. The Morgan fingerprint density at radius 3 is 2.64 bits per heavy atom. The van der Waals surface area contributed by atoms with Crippen LogP contribution >= 0.6 is 0 Å². The molecular weight excluding hydrogens is 350 g/mol. The maximum absolute atomic E-state index is 5.28. The Kier molecular flexibility index (Phi) is 7.07. The number of nitrogens with zero attached hydrogens (tertiary/aromatic N) is 3. The van der Waals surface area contributed by atoms with Crippen LogP contribution in [0.4, 0.5) is 0 Å². The quantitative estimate of drug-likeness (QED) is 0.467. The monoisotopic (exact) mass is 377 g/mol. The number of guanidine groups is 1. The highest BCUT2D eigenvalue weighted by Gasteiger charge is 2.02. The molecule has 3 rings (SSSR count). The molecular formula is C22H27N5O. The van der Waals surface area contributed by atoms with Gasteiger partial charge in [-0.3, -0.25) is 4.68 Å². The van der Waals surface area contributed by atoms with Gasteiger partial charge in [-0.05, 0) is 41.8 Å². The van der Waals surface area contributed by atoms with Gasteiger partial charge in [-0.2, -0.15) is 5.10 Å². The Morgan fingerprint density at radius 2 is 1.86 bits per heavy atom. The van der Waals surface area contributed by atoms with Gasteiger partial charge in [0.15, 0.2) is 5.96 Å². The van der Waals surface area contributed by atoms with Crippen molar-refractivity contribution in [1.29, 1.82) is 0 Å². The van der Waals surface area contributed by atoms with Crippen molar-refractivity contribution >= 4 is 5.96 Å². The largest absolute Gasteiger partial charge is 0.497 e. The van der Waals surface area contributed by atoms with Crippen molar-refractivity contribution in [2.75, 3.05) is 13.7 Å². The van der Waals surface area contributed by atoms with Gasteiger partial charge in [-0.15, -0.1) is 0 Å². The summed E-state index contributed by atoms with van der Waals surface area (Å²) in [5.74, 6) is 1.65. The highest BCUT2D eigenvalue weighted by Crippen LogP contribution is 2.12. The summed E-state index contributed by atoms with van der Waals surface area (Å²) in [5, 5.41) is 10.9. The summed E-state index contributed by atoms with van der Waals surface area (Å²) in [4.78, 5) is 4.72. The van der Waals surface area contributed by atoms with E-state index >= 15 is 0 Å². The first-order valence-electron chi connectivity index (χ1n) is 9.47. The first-order valence-corrected chi connectivity index (χ1v) is 9.47. The van der Waals surface area contributed by atoms with Gasteiger partial charge in [0, 0.05) is 25.5 Å². The second-order valence-electron chi connectivity index (χ2n) is 6.42. The smallest absolute Gasteiger partial charge is 0.191 e. The molecule has 2 aromatic carbocycles. The Bertz CT molecular complexity index is 889. The van der Waals surface area contributed by atoms with Crippen molar-refractivity contribution in [3.8, 4) is 5.75 Å². The van der Waals surface area contributed by atoms with Gasteiger partial charge in [-0.25, -0.2) is 4.99 Å².